The van der Waals surface area contributed by atoms with E-state index in [0.717, 1.165) is 36.5 Å². The molecule has 3 heterocycles. The lowest BCUT2D eigenvalue weighted by Gasteiger charge is -2.24. The minimum atomic E-state index is -0.497. The van der Waals surface area contributed by atoms with Gasteiger partial charge in [-0.2, -0.15) is 0 Å². The lowest BCUT2D eigenvalue weighted by molar-refractivity contribution is -0.929. The summed E-state index contributed by atoms with van der Waals surface area (Å²) >= 11 is 13.3. The number of hydrogen-bond donors (Lipinski definition) is 3. The molecule has 2 aromatic heterocycles. The van der Waals surface area contributed by atoms with Crippen molar-refractivity contribution in [2.75, 3.05) is 18.5 Å². The maximum Gasteiger partial charge on any atom is 0.341 e. The number of benzene rings is 2. The van der Waals surface area contributed by atoms with Crippen molar-refractivity contribution in [3.63, 3.8) is 0 Å². The van der Waals surface area contributed by atoms with Crippen LogP contribution in [0.5, 0.6) is 0 Å². The van der Waals surface area contributed by atoms with Crippen LogP contribution in [0.4, 0.5) is 5.00 Å². The zero-order valence-corrected chi connectivity index (χ0v) is 24.4. The molecule has 3 N–H and O–H groups in total. The number of thiophene rings is 1. The summed E-state index contributed by atoms with van der Waals surface area (Å²) < 4.78 is 10.7. The predicted octanol–water partition coefficient (Wildman–Crippen LogP) is 4.81. The smallest absolute Gasteiger partial charge is 0.341 e. The van der Waals surface area contributed by atoms with Gasteiger partial charge in [-0.05, 0) is 37.7 Å². The lowest BCUT2D eigenvalue weighted by Crippen LogP contribution is -3.10. The molecule has 0 fully saturated rings. The van der Waals surface area contributed by atoms with E-state index in [1.807, 2.05) is 18.2 Å². The number of thiocarbonyl (C=S) groups is 1. The van der Waals surface area contributed by atoms with Gasteiger partial charge in [0.1, 0.15) is 35.1 Å². The van der Waals surface area contributed by atoms with Crippen LogP contribution in [0.25, 0.3) is 11.3 Å². The molecule has 0 bridgehead atoms. The molecule has 0 aliphatic carbocycles. The third-order valence-electron chi connectivity index (χ3n) is 6.68. The molecule has 1 aliphatic heterocycles. The summed E-state index contributed by atoms with van der Waals surface area (Å²) in [6, 6.07) is 17.4. The molecular weight excluding hydrogens is 568 g/mol. The van der Waals surface area contributed by atoms with E-state index in [9.17, 15) is 9.59 Å². The maximum atomic E-state index is 13.3. The van der Waals surface area contributed by atoms with Crippen molar-refractivity contribution in [1.29, 1.82) is 0 Å². The van der Waals surface area contributed by atoms with Gasteiger partial charge in [-0.3, -0.25) is 10.1 Å². The molecule has 5 rings (SSSR count). The van der Waals surface area contributed by atoms with Gasteiger partial charge in [-0.15, -0.1) is 11.3 Å². The van der Waals surface area contributed by atoms with Crippen molar-refractivity contribution in [2.24, 2.45) is 0 Å². The average Bonchev–Trinajstić information content (AvgIpc) is 3.49. The van der Waals surface area contributed by atoms with Crippen molar-refractivity contribution in [1.82, 2.24) is 10.5 Å². The second kappa shape index (κ2) is 12.3. The molecule has 1 unspecified atom stereocenters. The molecule has 206 valence electrons. The fourth-order valence-corrected chi connectivity index (χ4v) is 6.65. The Kier molecular flexibility index (Phi) is 8.60. The second-order valence-electron chi connectivity index (χ2n) is 9.37. The van der Waals surface area contributed by atoms with Crippen molar-refractivity contribution in [3.8, 4) is 11.3 Å². The minimum Gasteiger partial charge on any atom is -0.462 e. The Bertz CT molecular complexity index is 1570. The van der Waals surface area contributed by atoms with Crippen LogP contribution in [0.3, 0.4) is 0 Å². The molecule has 0 spiro atoms. The molecule has 0 radical (unpaired) electrons. The fourth-order valence-electron chi connectivity index (χ4n) is 4.86. The largest absolute Gasteiger partial charge is 0.462 e. The number of amides is 1. The summed E-state index contributed by atoms with van der Waals surface area (Å²) in [7, 11) is 0. The highest BCUT2D eigenvalue weighted by Gasteiger charge is 2.31. The Balaban J connectivity index is 1.36. The number of ether oxygens (including phenoxy) is 1. The molecule has 1 amide bonds. The third kappa shape index (κ3) is 5.95. The SMILES string of the molecule is CCOC(=O)c1c(NC(=S)NC(=O)c2c(-c3ccccc3Cl)noc2C)sc2c1CC[NH+](Cc1ccccc1)C2. The van der Waals surface area contributed by atoms with E-state index in [1.165, 1.54) is 21.8 Å². The number of halogens is 1. The number of nitrogens with zero attached hydrogens (tertiary/aromatic N) is 1. The first-order chi connectivity index (χ1) is 19.4. The quantitative estimate of drug-likeness (QED) is 0.208. The Labute approximate surface area is 246 Å². The number of esters is 1. The predicted molar refractivity (Wildman–Crippen MR) is 159 cm³/mol. The van der Waals surface area contributed by atoms with Crippen LogP contribution >= 0.6 is 35.2 Å². The number of fused-ring (bicyclic) bond motifs is 1. The van der Waals surface area contributed by atoms with Crippen LogP contribution in [-0.4, -0.2) is 35.3 Å². The Morgan fingerprint density at radius 2 is 1.90 bits per heavy atom. The number of aryl methyl sites for hydroxylation is 1. The molecule has 40 heavy (non-hydrogen) atoms. The van der Waals surface area contributed by atoms with Gasteiger partial charge in [-0.1, -0.05) is 65.3 Å². The summed E-state index contributed by atoms with van der Waals surface area (Å²) in [5.74, 6) is -0.571. The van der Waals surface area contributed by atoms with Crippen molar-refractivity contribution >= 4 is 57.1 Å². The van der Waals surface area contributed by atoms with Crippen LogP contribution in [0, 0.1) is 6.92 Å². The van der Waals surface area contributed by atoms with Crippen LogP contribution in [-0.2, 0) is 24.2 Å². The zero-order valence-electron chi connectivity index (χ0n) is 22.0. The molecule has 0 saturated heterocycles. The van der Waals surface area contributed by atoms with E-state index in [1.54, 1.807) is 38.1 Å². The standard InChI is InChI=1S/C29H27ClN4O4S2/c1-3-37-28(36)24-20-13-14-34(15-18-9-5-4-6-10-18)16-22(20)40-27(24)32-29(39)31-26(35)23-17(2)38-33-25(23)19-11-7-8-12-21(19)30/h4-12H,3,13-16H2,1-2H3,(H2,31,32,35,39)/p+1. The lowest BCUT2D eigenvalue weighted by atomic mass is 10.0. The van der Waals surface area contributed by atoms with E-state index < -0.39 is 11.9 Å². The summed E-state index contributed by atoms with van der Waals surface area (Å²) in [5.41, 5.74) is 3.86. The van der Waals surface area contributed by atoms with E-state index in [4.69, 9.17) is 33.1 Å². The molecule has 11 heteroatoms. The maximum absolute atomic E-state index is 13.3. The molecule has 8 nitrogen and oxygen atoms in total. The van der Waals surface area contributed by atoms with Gasteiger partial charge in [0.05, 0.1) is 28.6 Å². The Hall–Kier alpha value is -3.57. The van der Waals surface area contributed by atoms with E-state index in [-0.39, 0.29) is 17.3 Å². The number of carbonyl (C=O) groups excluding carboxylic acids is 2. The molecular formula is C29H28ClN4O4S2+. The van der Waals surface area contributed by atoms with Crippen molar-refractivity contribution in [3.05, 3.63) is 92.5 Å². The Morgan fingerprint density at radius 1 is 1.15 bits per heavy atom. The van der Waals surface area contributed by atoms with Crippen LogP contribution in [0.15, 0.2) is 59.1 Å². The van der Waals surface area contributed by atoms with Crippen LogP contribution in [0.2, 0.25) is 5.02 Å². The summed E-state index contributed by atoms with van der Waals surface area (Å²) in [6.07, 6.45) is 0.740. The average molecular weight is 596 g/mol. The first-order valence-corrected chi connectivity index (χ1v) is 14.5. The van der Waals surface area contributed by atoms with Gasteiger partial charge in [0.2, 0.25) is 0 Å². The first-order valence-electron chi connectivity index (χ1n) is 12.9. The van der Waals surface area contributed by atoms with Gasteiger partial charge in [0.15, 0.2) is 5.11 Å². The third-order valence-corrected chi connectivity index (χ3v) is 8.36. The molecule has 1 aliphatic rings. The number of anilines is 1. The van der Waals surface area contributed by atoms with Crippen LogP contribution < -0.4 is 15.5 Å². The van der Waals surface area contributed by atoms with E-state index in [0.29, 0.717) is 32.6 Å². The van der Waals surface area contributed by atoms with Gasteiger partial charge < -0.3 is 19.5 Å². The number of carbonyl (C=O) groups is 2. The minimum absolute atomic E-state index is 0.0494. The van der Waals surface area contributed by atoms with Crippen molar-refractivity contribution < 1.29 is 23.7 Å². The summed E-state index contributed by atoms with van der Waals surface area (Å²) in [5, 5.41) is 10.9. The monoisotopic (exact) mass is 595 g/mol. The van der Waals surface area contributed by atoms with Crippen molar-refractivity contribution in [2.45, 2.75) is 33.4 Å². The second-order valence-corrected chi connectivity index (χ2v) is 11.3. The highest BCUT2D eigenvalue weighted by Crippen LogP contribution is 2.36. The number of quaternary nitrogens is 1. The zero-order chi connectivity index (χ0) is 28.2. The highest BCUT2D eigenvalue weighted by molar-refractivity contribution is 7.80. The first kappa shape index (κ1) is 28.0. The summed E-state index contributed by atoms with van der Waals surface area (Å²) in [6.45, 7) is 6.25. The van der Waals surface area contributed by atoms with Crippen LogP contribution in [0.1, 0.15) is 49.4 Å². The number of rotatable bonds is 7. The van der Waals surface area contributed by atoms with Gasteiger partial charge >= 0.3 is 5.97 Å². The highest BCUT2D eigenvalue weighted by atomic mass is 35.5. The summed E-state index contributed by atoms with van der Waals surface area (Å²) in [4.78, 5) is 28.8. The molecule has 0 saturated carbocycles. The topological polar surface area (TPSA) is 97.9 Å². The van der Waals surface area contributed by atoms with E-state index in [2.05, 4.69) is 27.9 Å². The normalized spacial score (nSPS) is 14.3. The van der Waals surface area contributed by atoms with Gasteiger partial charge in [-0.25, -0.2) is 4.79 Å². The number of aromatic nitrogens is 1. The number of hydrogen-bond acceptors (Lipinski definition) is 7. The Morgan fingerprint density at radius 3 is 2.65 bits per heavy atom. The van der Waals surface area contributed by atoms with E-state index >= 15 is 0 Å². The molecule has 1 atom stereocenters. The van der Waals surface area contributed by atoms with Gasteiger partial charge in [0.25, 0.3) is 5.91 Å². The molecule has 2 aromatic carbocycles. The fraction of sp³-hybridized carbons (Fsp3) is 0.241. The number of nitrogens with one attached hydrogen (secondary N) is 3. The molecule has 4 aromatic rings. The van der Waals surface area contributed by atoms with Gasteiger partial charge in [0, 0.05) is 17.5 Å².